The number of amides is 2. The number of halogens is 2. The van der Waals surface area contributed by atoms with Crippen molar-refractivity contribution in [2.75, 3.05) is 39.3 Å². The zero-order valence-electron chi connectivity index (χ0n) is 16.2. The molecule has 29 heavy (non-hydrogen) atoms. The van der Waals surface area contributed by atoms with Crippen LogP contribution in [0.4, 0.5) is 0 Å². The number of carbonyl (C=O) groups excluding carboxylic acids is 2. The molecule has 1 N–H and O–H groups in total. The van der Waals surface area contributed by atoms with Gasteiger partial charge >= 0.3 is 0 Å². The molecule has 1 saturated heterocycles. The van der Waals surface area contributed by atoms with Gasteiger partial charge in [0.05, 0.1) is 17.1 Å². The fourth-order valence-electron chi connectivity index (χ4n) is 3.39. The Hall–Kier alpha value is -2.08. The molecule has 0 radical (unpaired) electrons. The van der Waals surface area contributed by atoms with Crippen molar-refractivity contribution in [1.82, 2.24) is 15.1 Å². The molecule has 0 aliphatic carbocycles. The van der Waals surface area contributed by atoms with Gasteiger partial charge in [-0.3, -0.25) is 14.5 Å². The molecule has 0 bridgehead atoms. The molecule has 0 spiro atoms. The van der Waals surface area contributed by atoms with Gasteiger partial charge in [-0.2, -0.15) is 0 Å². The van der Waals surface area contributed by atoms with Crippen molar-refractivity contribution in [3.05, 3.63) is 69.7 Å². The van der Waals surface area contributed by atoms with E-state index in [0.29, 0.717) is 48.3 Å². The van der Waals surface area contributed by atoms with Crippen LogP contribution in [0.2, 0.25) is 10.0 Å². The number of nitrogens with one attached hydrogen (secondary N) is 1. The Morgan fingerprint density at radius 1 is 0.931 bits per heavy atom. The van der Waals surface area contributed by atoms with E-state index in [-0.39, 0.29) is 11.8 Å². The summed E-state index contributed by atoms with van der Waals surface area (Å²) in [5.74, 6) is -0.0466. The minimum atomic E-state index is -0.0510. The molecular weight excluding hydrogens is 409 g/mol. The van der Waals surface area contributed by atoms with Crippen molar-refractivity contribution in [1.29, 1.82) is 0 Å². The molecule has 1 heterocycles. The maximum Gasteiger partial charge on any atom is 0.255 e. The third kappa shape index (κ3) is 6.46. The van der Waals surface area contributed by atoms with E-state index >= 15 is 0 Å². The van der Waals surface area contributed by atoms with Gasteiger partial charge in [0.2, 0.25) is 5.91 Å². The Morgan fingerprint density at radius 3 is 2.45 bits per heavy atom. The second-order valence-corrected chi connectivity index (χ2v) is 7.97. The molecule has 5 nitrogen and oxygen atoms in total. The van der Waals surface area contributed by atoms with Crippen LogP contribution in [-0.2, 0) is 11.2 Å². The molecular formula is C22H25Cl2N3O2. The molecule has 154 valence electrons. The van der Waals surface area contributed by atoms with Crippen molar-refractivity contribution in [3.8, 4) is 0 Å². The maximum absolute atomic E-state index is 12.7. The second kappa shape index (κ2) is 10.6. The van der Waals surface area contributed by atoms with Gasteiger partial charge in [-0.25, -0.2) is 0 Å². The molecule has 0 saturated carbocycles. The summed E-state index contributed by atoms with van der Waals surface area (Å²) in [4.78, 5) is 28.9. The molecule has 2 aromatic rings. The molecule has 1 fully saturated rings. The highest BCUT2D eigenvalue weighted by atomic mass is 35.5. The Balaban J connectivity index is 1.43. The van der Waals surface area contributed by atoms with Gasteiger partial charge in [-0.15, -0.1) is 0 Å². The number of hydrogen-bond donors (Lipinski definition) is 1. The third-order valence-corrected chi connectivity index (χ3v) is 5.58. The Morgan fingerprint density at radius 2 is 1.69 bits per heavy atom. The van der Waals surface area contributed by atoms with E-state index in [1.165, 1.54) is 0 Å². The van der Waals surface area contributed by atoms with Gasteiger partial charge in [0.15, 0.2) is 0 Å². The van der Waals surface area contributed by atoms with E-state index in [4.69, 9.17) is 23.2 Å². The fraction of sp³-hybridized carbons (Fsp3) is 0.364. The van der Waals surface area contributed by atoms with E-state index in [1.807, 2.05) is 41.3 Å². The number of rotatable bonds is 6. The van der Waals surface area contributed by atoms with Gasteiger partial charge in [0.25, 0.3) is 5.91 Å². The Bertz CT molecular complexity index is 842. The van der Waals surface area contributed by atoms with Crippen LogP contribution in [-0.4, -0.2) is 60.9 Å². The maximum atomic E-state index is 12.7. The summed E-state index contributed by atoms with van der Waals surface area (Å²) in [6.07, 6.45) is 1.59. The molecule has 0 atom stereocenters. The summed E-state index contributed by atoms with van der Waals surface area (Å²) in [5.41, 5.74) is 1.67. The van der Waals surface area contributed by atoms with Crippen LogP contribution in [0.25, 0.3) is 0 Å². The lowest BCUT2D eigenvalue weighted by molar-refractivity contribution is -0.122. The van der Waals surface area contributed by atoms with Crippen molar-refractivity contribution in [2.45, 2.75) is 12.8 Å². The van der Waals surface area contributed by atoms with Crippen LogP contribution in [0.15, 0.2) is 48.5 Å². The van der Waals surface area contributed by atoms with E-state index in [9.17, 15) is 9.59 Å². The van der Waals surface area contributed by atoms with Gasteiger partial charge in [0, 0.05) is 37.7 Å². The molecule has 0 aromatic heterocycles. The summed E-state index contributed by atoms with van der Waals surface area (Å²) in [7, 11) is 0. The summed E-state index contributed by atoms with van der Waals surface area (Å²) >= 11 is 12.0. The quantitative estimate of drug-likeness (QED) is 0.758. The highest BCUT2D eigenvalue weighted by Gasteiger charge is 2.22. The smallest absolute Gasteiger partial charge is 0.255 e. The summed E-state index contributed by atoms with van der Waals surface area (Å²) < 4.78 is 0. The lowest BCUT2D eigenvalue weighted by Gasteiger charge is -2.22. The topological polar surface area (TPSA) is 52.7 Å². The lowest BCUT2D eigenvalue weighted by Crippen LogP contribution is -2.40. The van der Waals surface area contributed by atoms with Crippen molar-refractivity contribution in [3.63, 3.8) is 0 Å². The van der Waals surface area contributed by atoms with Gasteiger partial charge in [0.1, 0.15) is 0 Å². The molecule has 0 unspecified atom stereocenters. The molecule has 2 amide bonds. The second-order valence-electron chi connectivity index (χ2n) is 7.13. The third-order valence-electron chi connectivity index (χ3n) is 5.00. The molecule has 7 heteroatoms. The molecule has 3 rings (SSSR count). The van der Waals surface area contributed by atoms with E-state index in [2.05, 4.69) is 10.2 Å². The first kappa shape index (κ1) is 21.6. The van der Waals surface area contributed by atoms with Crippen LogP contribution < -0.4 is 5.32 Å². The van der Waals surface area contributed by atoms with E-state index in [0.717, 1.165) is 24.9 Å². The highest BCUT2D eigenvalue weighted by Crippen LogP contribution is 2.18. The van der Waals surface area contributed by atoms with Gasteiger partial charge in [-0.05, 0) is 42.7 Å². The predicted molar refractivity (Wildman–Crippen MR) is 117 cm³/mol. The van der Waals surface area contributed by atoms with Gasteiger partial charge in [-0.1, -0.05) is 47.5 Å². The average Bonchev–Trinajstić information content (AvgIpc) is 2.95. The van der Waals surface area contributed by atoms with E-state index < -0.39 is 0 Å². The summed E-state index contributed by atoms with van der Waals surface area (Å²) in [5, 5.41) is 4.15. The Labute approximate surface area is 181 Å². The average molecular weight is 434 g/mol. The zero-order chi connectivity index (χ0) is 20.6. The lowest BCUT2D eigenvalue weighted by atomic mass is 10.1. The van der Waals surface area contributed by atoms with Crippen molar-refractivity contribution >= 4 is 35.0 Å². The van der Waals surface area contributed by atoms with Gasteiger partial charge < -0.3 is 10.2 Å². The SMILES string of the molecule is O=C(CN1CCCN(C(=O)c2ccccc2Cl)CC1)NCCc1ccc(Cl)cc1. The minimum absolute atomic E-state index is 0.00449. The van der Waals surface area contributed by atoms with Crippen LogP contribution in [0.5, 0.6) is 0 Å². The van der Waals surface area contributed by atoms with Crippen LogP contribution in [0, 0.1) is 0 Å². The first-order valence-corrected chi connectivity index (χ1v) is 10.6. The Kier molecular flexibility index (Phi) is 7.92. The fourth-order valence-corrected chi connectivity index (χ4v) is 3.74. The zero-order valence-corrected chi connectivity index (χ0v) is 17.8. The predicted octanol–water partition coefficient (Wildman–Crippen LogP) is 3.50. The van der Waals surface area contributed by atoms with Crippen LogP contribution in [0.3, 0.4) is 0 Å². The number of hydrogen-bond acceptors (Lipinski definition) is 3. The number of benzene rings is 2. The monoisotopic (exact) mass is 433 g/mol. The highest BCUT2D eigenvalue weighted by molar-refractivity contribution is 6.33. The molecule has 2 aromatic carbocycles. The van der Waals surface area contributed by atoms with Crippen LogP contribution in [0.1, 0.15) is 22.3 Å². The van der Waals surface area contributed by atoms with E-state index in [1.54, 1.807) is 12.1 Å². The number of nitrogens with zero attached hydrogens (tertiary/aromatic N) is 2. The van der Waals surface area contributed by atoms with Crippen molar-refractivity contribution in [2.24, 2.45) is 0 Å². The summed E-state index contributed by atoms with van der Waals surface area (Å²) in [6, 6.07) is 14.8. The normalized spacial score (nSPS) is 15.0. The first-order chi connectivity index (χ1) is 14.0. The standard InChI is InChI=1S/C22H25Cl2N3O2/c23-18-8-6-17(7-9-18)10-11-25-21(28)16-26-12-3-13-27(15-14-26)22(29)19-4-1-2-5-20(19)24/h1-2,4-9H,3,10-16H2,(H,25,28). The van der Waals surface area contributed by atoms with Crippen LogP contribution >= 0.6 is 23.2 Å². The largest absolute Gasteiger partial charge is 0.355 e. The summed E-state index contributed by atoms with van der Waals surface area (Å²) in [6.45, 7) is 3.64. The van der Waals surface area contributed by atoms with Crippen molar-refractivity contribution < 1.29 is 9.59 Å². The number of carbonyl (C=O) groups is 2. The minimum Gasteiger partial charge on any atom is -0.355 e. The first-order valence-electron chi connectivity index (χ1n) is 9.80. The molecule has 1 aliphatic rings. The molecule has 1 aliphatic heterocycles.